The number of hydrogen-bond acceptors (Lipinski definition) is 5. The first kappa shape index (κ1) is 16.8. The third-order valence-electron chi connectivity index (χ3n) is 3.67. The van der Waals surface area contributed by atoms with E-state index in [4.69, 9.17) is 16.7 Å². The van der Waals surface area contributed by atoms with Crippen molar-refractivity contribution in [3.8, 4) is 5.00 Å². The number of benzene rings is 1. The highest BCUT2D eigenvalue weighted by Crippen LogP contribution is 2.24. The number of nitrogens with zero attached hydrogens (tertiary/aromatic N) is 3. The van der Waals surface area contributed by atoms with Crippen LogP contribution in [-0.4, -0.2) is 19.9 Å². The molecule has 0 unspecified atom stereocenters. The maximum absolute atomic E-state index is 10.7. The van der Waals surface area contributed by atoms with Crippen molar-refractivity contribution in [2.45, 2.75) is 26.9 Å². The Morgan fingerprint density at radius 2 is 2.04 bits per heavy atom. The van der Waals surface area contributed by atoms with Gasteiger partial charge in [0.1, 0.15) is 17.4 Å². The Labute approximate surface area is 147 Å². The van der Waals surface area contributed by atoms with E-state index < -0.39 is 0 Å². The van der Waals surface area contributed by atoms with E-state index >= 15 is 0 Å². The molecular formula is C17H16ClN3O2S. The molecule has 0 fully saturated rings. The second kappa shape index (κ2) is 6.84. The molecule has 0 aliphatic rings. The van der Waals surface area contributed by atoms with Crippen LogP contribution in [0.5, 0.6) is 0 Å². The Kier molecular flexibility index (Phi) is 4.80. The lowest BCUT2D eigenvalue weighted by Gasteiger charge is -2.02. The minimum atomic E-state index is -0.0831. The Hall–Kier alpha value is -2.02. The zero-order valence-corrected chi connectivity index (χ0v) is 14.9. The van der Waals surface area contributed by atoms with Gasteiger partial charge in [-0.1, -0.05) is 30.7 Å². The molecule has 0 bridgehead atoms. The molecule has 0 radical (unpaired) electrons. The van der Waals surface area contributed by atoms with E-state index in [1.807, 2.05) is 17.6 Å². The molecule has 124 valence electrons. The van der Waals surface area contributed by atoms with Crippen molar-refractivity contribution in [3.63, 3.8) is 0 Å². The van der Waals surface area contributed by atoms with Gasteiger partial charge in [-0.3, -0.25) is 9.36 Å². The quantitative estimate of drug-likeness (QED) is 0.607. The zero-order chi connectivity index (χ0) is 17.3. The highest BCUT2D eigenvalue weighted by molar-refractivity contribution is 7.14. The monoisotopic (exact) mass is 361 g/mol. The summed E-state index contributed by atoms with van der Waals surface area (Å²) in [5, 5.41) is 20.1. The van der Waals surface area contributed by atoms with Gasteiger partial charge in [0.05, 0.1) is 10.4 Å². The normalized spacial score (nSPS) is 11.0. The van der Waals surface area contributed by atoms with Crippen molar-refractivity contribution in [2.75, 3.05) is 0 Å². The molecule has 4 rings (SSSR count). The fourth-order valence-electron chi connectivity index (χ4n) is 2.36. The van der Waals surface area contributed by atoms with Crippen LogP contribution in [0.4, 0.5) is 0 Å². The molecule has 0 amide bonds. The summed E-state index contributed by atoms with van der Waals surface area (Å²) < 4.78 is 1.89. The van der Waals surface area contributed by atoms with E-state index in [0.29, 0.717) is 16.2 Å². The first-order valence-electron chi connectivity index (χ1n) is 7.50. The third-order valence-corrected chi connectivity index (χ3v) is 5.20. The molecule has 4 aromatic rings. The lowest BCUT2D eigenvalue weighted by Crippen LogP contribution is -2.00. The molecule has 0 saturated heterocycles. The SMILES string of the molecule is CCc1ccc(-n2c(C)nnc2CO)s1.O=c1c2cccc(Cl)c12. The molecule has 0 saturated carbocycles. The zero-order valence-electron chi connectivity index (χ0n) is 13.3. The predicted molar refractivity (Wildman–Crippen MR) is 96.9 cm³/mol. The highest BCUT2D eigenvalue weighted by atomic mass is 35.5. The van der Waals surface area contributed by atoms with E-state index in [2.05, 4.69) is 23.2 Å². The van der Waals surface area contributed by atoms with Crippen LogP contribution in [0.3, 0.4) is 0 Å². The van der Waals surface area contributed by atoms with E-state index in [1.165, 1.54) is 4.88 Å². The molecule has 0 spiro atoms. The number of hydrogen-bond donors (Lipinski definition) is 1. The van der Waals surface area contributed by atoms with Crippen molar-refractivity contribution in [2.24, 2.45) is 0 Å². The largest absolute Gasteiger partial charge is 0.388 e. The van der Waals surface area contributed by atoms with Gasteiger partial charge in [0, 0.05) is 10.3 Å². The molecular weight excluding hydrogens is 346 g/mol. The third kappa shape index (κ3) is 3.13. The van der Waals surface area contributed by atoms with Crippen molar-refractivity contribution >= 4 is 33.7 Å². The van der Waals surface area contributed by atoms with Crippen LogP contribution in [0.15, 0.2) is 35.1 Å². The second-order valence-corrected chi connectivity index (χ2v) is 6.80. The Bertz CT molecular complexity index is 995. The van der Waals surface area contributed by atoms with Crippen molar-refractivity contribution in [3.05, 3.63) is 62.1 Å². The first-order valence-corrected chi connectivity index (χ1v) is 8.70. The van der Waals surface area contributed by atoms with Crippen LogP contribution in [0.2, 0.25) is 5.02 Å². The summed E-state index contributed by atoms with van der Waals surface area (Å²) in [7, 11) is 0. The Morgan fingerprint density at radius 3 is 2.62 bits per heavy atom. The number of aromatic nitrogens is 3. The molecule has 0 aliphatic heterocycles. The topological polar surface area (TPSA) is 68.0 Å². The molecule has 5 nitrogen and oxygen atoms in total. The summed E-state index contributed by atoms with van der Waals surface area (Å²) in [6.45, 7) is 3.93. The average Bonchev–Trinajstić information content (AvgIpc) is 2.93. The number of aryl methyl sites for hydroxylation is 2. The smallest absolute Gasteiger partial charge is 0.196 e. The predicted octanol–water partition coefficient (Wildman–Crippen LogP) is 3.42. The molecule has 7 heteroatoms. The highest BCUT2D eigenvalue weighted by Gasteiger charge is 2.13. The number of aliphatic hydroxyl groups is 1. The van der Waals surface area contributed by atoms with Crippen LogP contribution >= 0.6 is 22.9 Å². The molecule has 24 heavy (non-hydrogen) atoms. The number of fused-ring (bicyclic) bond motifs is 1. The fourth-order valence-corrected chi connectivity index (χ4v) is 3.64. The summed E-state index contributed by atoms with van der Waals surface area (Å²) in [4.78, 5) is 12.0. The lowest BCUT2D eigenvalue weighted by atomic mass is 10.4. The summed E-state index contributed by atoms with van der Waals surface area (Å²) in [5.74, 6) is 1.40. The second-order valence-electron chi connectivity index (χ2n) is 5.24. The number of aliphatic hydroxyl groups excluding tert-OH is 1. The van der Waals surface area contributed by atoms with Crippen LogP contribution < -0.4 is 5.43 Å². The van der Waals surface area contributed by atoms with Crippen molar-refractivity contribution < 1.29 is 5.11 Å². The van der Waals surface area contributed by atoms with Gasteiger partial charge in [-0.05, 0) is 31.5 Å². The van der Waals surface area contributed by atoms with Crippen molar-refractivity contribution in [1.82, 2.24) is 14.8 Å². The van der Waals surface area contributed by atoms with Gasteiger partial charge < -0.3 is 5.11 Å². The average molecular weight is 362 g/mol. The lowest BCUT2D eigenvalue weighted by molar-refractivity contribution is 0.269. The van der Waals surface area contributed by atoms with Gasteiger partial charge in [0.2, 0.25) is 0 Å². The number of rotatable bonds is 3. The number of thiophene rings is 1. The minimum absolute atomic E-state index is 0.0831. The molecule has 2 aromatic carbocycles. The van der Waals surface area contributed by atoms with Crippen LogP contribution in [0.1, 0.15) is 23.4 Å². The van der Waals surface area contributed by atoms with E-state index in [9.17, 15) is 4.79 Å². The summed E-state index contributed by atoms with van der Waals surface area (Å²) in [5.41, 5.74) is 0.102. The van der Waals surface area contributed by atoms with Crippen LogP contribution in [-0.2, 0) is 13.0 Å². The summed E-state index contributed by atoms with van der Waals surface area (Å²) in [6, 6.07) is 9.43. The minimum Gasteiger partial charge on any atom is -0.388 e. The van der Waals surface area contributed by atoms with Gasteiger partial charge in [0.15, 0.2) is 11.3 Å². The molecule has 0 aliphatic carbocycles. The Morgan fingerprint density at radius 1 is 1.25 bits per heavy atom. The van der Waals surface area contributed by atoms with Gasteiger partial charge in [0.25, 0.3) is 0 Å². The van der Waals surface area contributed by atoms with Crippen LogP contribution in [0.25, 0.3) is 15.8 Å². The Balaban J connectivity index is 0.000000159. The van der Waals surface area contributed by atoms with Crippen LogP contribution in [0, 0.1) is 6.92 Å². The molecule has 0 atom stereocenters. The van der Waals surface area contributed by atoms with E-state index in [1.54, 1.807) is 29.5 Å². The molecule has 2 aromatic heterocycles. The van der Waals surface area contributed by atoms with Gasteiger partial charge >= 0.3 is 0 Å². The standard InChI is InChI=1S/C10H13N3OS.C7H3ClO/c1-3-8-4-5-10(15-8)13-7(2)11-12-9(13)6-14;8-5-3-1-2-4-6(5)7(4)9/h4-5,14H,3,6H2,1-2H3;1-3H. The number of halogens is 1. The van der Waals surface area contributed by atoms with Gasteiger partial charge in [-0.15, -0.1) is 21.5 Å². The molecule has 1 N–H and O–H groups in total. The first-order chi connectivity index (χ1) is 11.6. The fraction of sp³-hybridized carbons (Fsp3) is 0.235. The maximum atomic E-state index is 10.7. The van der Waals surface area contributed by atoms with E-state index in [-0.39, 0.29) is 12.0 Å². The molecule has 2 heterocycles. The summed E-state index contributed by atoms with van der Waals surface area (Å²) in [6.07, 6.45) is 1.03. The van der Waals surface area contributed by atoms with Gasteiger partial charge in [-0.2, -0.15) is 0 Å². The van der Waals surface area contributed by atoms with Gasteiger partial charge in [-0.25, -0.2) is 0 Å². The van der Waals surface area contributed by atoms with E-state index in [0.717, 1.165) is 22.6 Å². The van der Waals surface area contributed by atoms with Crippen molar-refractivity contribution in [1.29, 1.82) is 0 Å². The maximum Gasteiger partial charge on any atom is 0.196 e. The summed E-state index contributed by atoms with van der Waals surface area (Å²) >= 11 is 7.34.